The van der Waals surface area contributed by atoms with Crippen LogP contribution in [0.2, 0.25) is 0 Å². The van der Waals surface area contributed by atoms with Gasteiger partial charge in [0.25, 0.3) is 0 Å². The molecule has 0 aromatic rings. The third-order valence-electron chi connectivity index (χ3n) is 0.664. The van der Waals surface area contributed by atoms with Crippen molar-refractivity contribution in [2.24, 2.45) is 11.5 Å². The lowest BCUT2D eigenvalue weighted by Gasteiger charge is -1.86. The van der Waals surface area contributed by atoms with Crippen molar-refractivity contribution >= 4 is 5.96 Å². The lowest BCUT2D eigenvalue weighted by molar-refractivity contribution is -0.460. The standard InChI is InChI=1S/C4H11N3O/c5-4(6)7-2-1-3-8/h8H,1-3H2,(H4,5,6,7)/p+1. The first kappa shape index (κ1) is 7.23. The van der Waals surface area contributed by atoms with Crippen LogP contribution in [-0.2, 0) is 0 Å². The Balaban J connectivity index is 3.03. The summed E-state index contributed by atoms with van der Waals surface area (Å²) in [5.74, 6) is 0.207. The van der Waals surface area contributed by atoms with Gasteiger partial charge in [-0.3, -0.25) is 16.5 Å². The van der Waals surface area contributed by atoms with Gasteiger partial charge in [0.2, 0.25) is 0 Å². The highest BCUT2D eigenvalue weighted by atomic mass is 16.3. The molecule has 0 heterocycles. The summed E-state index contributed by atoms with van der Waals surface area (Å²) in [5, 5.41) is 8.25. The molecule has 0 unspecified atom stereocenters. The smallest absolute Gasteiger partial charge is 0.338 e. The molecule has 4 heteroatoms. The van der Waals surface area contributed by atoms with E-state index >= 15 is 0 Å². The minimum Gasteiger partial charge on any atom is -0.396 e. The average Bonchev–Trinajstić information content (AvgIpc) is 1.66. The van der Waals surface area contributed by atoms with Crippen molar-refractivity contribution in [1.29, 1.82) is 0 Å². The molecule has 0 amide bonds. The van der Waals surface area contributed by atoms with Crippen molar-refractivity contribution in [3.8, 4) is 0 Å². The van der Waals surface area contributed by atoms with Crippen LogP contribution in [0.3, 0.4) is 0 Å². The summed E-state index contributed by atoms with van der Waals surface area (Å²) in [5.41, 5.74) is 10.1. The zero-order chi connectivity index (χ0) is 6.41. The zero-order valence-corrected chi connectivity index (χ0v) is 4.72. The molecule has 0 aromatic heterocycles. The summed E-state index contributed by atoms with van der Waals surface area (Å²) >= 11 is 0. The largest absolute Gasteiger partial charge is 0.396 e. The minimum absolute atomic E-state index is 0.167. The molecule has 0 bridgehead atoms. The summed E-state index contributed by atoms with van der Waals surface area (Å²) in [7, 11) is 0. The molecule has 4 nitrogen and oxygen atoms in total. The molecule has 0 aliphatic rings. The number of aliphatic hydroxyl groups excluding tert-OH is 1. The maximum Gasteiger partial charge on any atom is 0.338 e. The predicted molar refractivity (Wildman–Crippen MR) is 30.9 cm³/mol. The number of aliphatic hydroxyl groups is 1. The summed E-state index contributed by atoms with van der Waals surface area (Å²) in [6, 6.07) is 0. The fourth-order valence-electron chi connectivity index (χ4n) is 0.312. The van der Waals surface area contributed by atoms with Gasteiger partial charge >= 0.3 is 5.96 Å². The Hall–Kier alpha value is -0.770. The molecule has 6 N–H and O–H groups in total. The molecular formula is C4H12N3O+. The van der Waals surface area contributed by atoms with E-state index in [1.807, 2.05) is 0 Å². The van der Waals surface area contributed by atoms with Gasteiger partial charge in [-0.25, -0.2) is 0 Å². The second kappa shape index (κ2) is 4.39. The summed E-state index contributed by atoms with van der Waals surface area (Å²) in [4.78, 5) is 2.66. The number of hydrogen-bond acceptors (Lipinski definition) is 1. The maximum absolute atomic E-state index is 8.25. The Labute approximate surface area is 48.2 Å². The van der Waals surface area contributed by atoms with Gasteiger partial charge in [0.1, 0.15) is 0 Å². The van der Waals surface area contributed by atoms with Gasteiger partial charge in [-0.1, -0.05) is 0 Å². The Morgan fingerprint density at radius 2 is 2.12 bits per heavy atom. The highest BCUT2D eigenvalue weighted by Crippen LogP contribution is 1.60. The molecule has 0 radical (unpaired) electrons. The first-order chi connectivity index (χ1) is 3.77. The van der Waals surface area contributed by atoms with E-state index in [0.29, 0.717) is 13.0 Å². The summed E-state index contributed by atoms with van der Waals surface area (Å²) in [6.45, 7) is 0.805. The Bertz CT molecular complexity index is 77.4. The molecule has 0 fully saturated rings. The van der Waals surface area contributed by atoms with Crippen molar-refractivity contribution in [3.63, 3.8) is 0 Å². The quantitative estimate of drug-likeness (QED) is 0.178. The number of guanidine groups is 1. The highest BCUT2D eigenvalue weighted by molar-refractivity contribution is 5.69. The third kappa shape index (κ3) is 5.23. The lowest BCUT2D eigenvalue weighted by atomic mass is 10.5. The van der Waals surface area contributed by atoms with Crippen molar-refractivity contribution in [2.45, 2.75) is 6.42 Å². The maximum atomic E-state index is 8.25. The van der Waals surface area contributed by atoms with Crippen LogP contribution in [0, 0.1) is 0 Å². The molecule has 0 aromatic carbocycles. The van der Waals surface area contributed by atoms with Crippen molar-refractivity contribution in [3.05, 3.63) is 0 Å². The first-order valence-electron chi connectivity index (χ1n) is 2.50. The van der Waals surface area contributed by atoms with E-state index in [-0.39, 0.29) is 12.6 Å². The number of nitrogens with two attached hydrogens (primary N) is 2. The van der Waals surface area contributed by atoms with Crippen LogP contribution in [0.1, 0.15) is 6.42 Å². The van der Waals surface area contributed by atoms with Crippen molar-refractivity contribution < 1.29 is 10.1 Å². The number of hydrogen-bond donors (Lipinski definition) is 4. The average molecular weight is 118 g/mol. The summed E-state index contributed by atoms with van der Waals surface area (Å²) in [6.07, 6.45) is 0.678. The second-order valence-electron chi connectivity index (χ2n) is 1.46. The van der Waals surface area contributed by atoms with E-state index in [0.717, 1.165) is 0 Å². The van der Waals surface area contributed by atoms with Gasteiger partial charge < -0.3 is 5.11 Å². The van der Waals surface area contributed by atoms with Crippen molar-refractivity contribution in [2.75, 3.05) is 13.2 Å². The number of rotatable bonds is 3. The van der Waals surface area contributed by atoms with Crippen LogP contribution in [-0.4, -0.2) is 24.2 Å². The van der Waals surface area contributed by atoms with Crippen LogP contribution >= 0.6 is 0 Å². The van der Waals surface area contributed by atoms with E-state index in [1.54, 1.807) is 0 Å². The van der Waals surface area contributed by atoms with Gasteiger partial charge in [-0.15, -0.1) is 0 Å². The Morgan fingerprint density at radius 1 is 1.50 bits per heavy atom. The molecule has 0 saturated carbocycles. The fourth-order valence-corrected chi connectivity index (χ4v) is 0.312. The first-order valence-corrected chi connectivity index (χ1v) is 2.50. The van der Waals surface area contributed by atoms with Gasteiger partial charge in [0.05, 0.1) is 6.54 Å². The lowest BCUT2D eigenvalue weighted by Crippen LogP contribution is -2.78. The van der Waals surface area contributed by atoms with Crippen LogP contribution in [0.25, 0.3) is 0 Å². The molecule has 0 rings (SSSR count). The summed E-state index contributed by atoms with van der Waals surface area (Å²) < 4.78 is 0. The Morgan fingerprint density at radius 3 is 2.50 bits per heavy atom. The molecule has 8 heavy (non-hydrogen) atoms. The zero-order valence-electron chi connectivity index (χ0n) is 4.72. The van der Waals surface area contributed by atoms with Crippen LogP contribution in [0.4, 0.5) is 0 Å². The molecule has 48 valence electrons. The molecular weight excluding hydrogens is 106 g/mol. The van der Waals surface area contributed by atoms with Gasteiger partial charge in [0, 0.05) is 13.0 Å². The molecule has 0 spiro atoms. The molecule has 0 aliphatic heterocycles. The van der Waals surface area contributed by atoms with Gasteiger partial charge in [-0.05, 0) is 0 Å². The topological polar surface area (TPSA) is 86.2 Å². The van der Waals surface area contributed by atoms with E-state index < -0.39 is 0 Å². The predicted octanol–water partition coefficient (Wildman–Crippen LogP) is -3.28. The highest BCUT2D eigenvalue weighted by Gasteiger charge is 1.83. The molecule has 0 saturated heterocycles. The molecule has 0 atom stereocenters. The van der Waals surface area contributed by atoms with Gasteiger partial charge in [0.15, 0.2) is 0 Å². The van der Waals surface area contributed by atoms with E-state index in [9.17, 15) is 0 Å². The van der Waals surface area contributed by atoms with Crippen LogP contribution in [0.15, 0.2) is 0 Å². The second-order valence-corrected chi connectivity index (χ2v) is 1.46. The SMILES string of the molecule is NC(N)=[NH+]CCCO. The Kier molecular flexibility index (Phi) is 3.97. The normalized spacial score (nSPS) is 8.62. The number of nitrogens with one attached hydrogen (secondary N) is 1. The monoisotopic (exact) mass is 118 g/mol. The van der Waals surface area contributed by atoms with Crippen molar-refractivity contribution in [1.82, 2.24) is 0 Å². The van der Waals surface area contributed by atoms with E-state index in [1.165, 1.54) is 0 Å². The van der Waals surface area contributed by atoms with Crippen LogP contribution in [0.5, 0.6) is 0 Å². The minimum atomic E-state index is 0.167. The van der Waals surface area contributed by atoms with Crippen LogP contribution < -0.4 is 16.5 Å². The van der Waals surface area contributed by atoms with E-state index in [4.69, 9.17) is 16.6 Å². The third-order valence-corrected chi connectivity index (χ3v) is 0.664. The van der Waals surface area contributed by atoms with E-state index in [2.05, 4.69) is 4.99 Å². The van der Waals surface area contributed by atoms with Gasteiger partial charge in [-0.2, -0.15) is 0 Å². The molecule has 0 aliphatic carbocycles. The fraction of sp³-hybridized carbons (Fsp3) is 0.750.